The molecule has 2 aromatic rings. The average Bonchev–Trinajstić information content (AvgIpc) is 2.72. The van der Waals surface area contributed by atoms with Gasteiger partial charge in [-0.05, 0) is 26.0 Å². The van der Waals surface area contributed by atoms with Gasteiger partial charge in [-0.25, -0.2) is 0 Å². The van der Waals surface area contributed by atoms with Crippen LogP contribution in [0.4, 0.5) is 0 Å². The molecule has 3 rings (SSSR count). The van der Waals surface area contributed by atoms with Gasteiger partial charge in [-0.3, -0.25) is 0 Å². The molecule has 0 spiro atoms. The topological polar surface area (TPSA) is 18.5 Å². The van der Waals surface area contributed by atoms with Crippen LogP contribution in [0, 0.1) is 0 Å². The van der Waals surface area contributed by atoms with Gasteiger partial charge in [-0.1, -0.05) is 41.9 Å². The summed E-state index contributed by atoms with van der Waals surface area (Å²) in [5, 5.41) is 0.723. The summed E-state index contributed by atoms with van der Waals surface area (Å²) in [4.78, 5) is 0. The van der Waals surface area contributed by atoms with Gasteiger partial charge in [0.05, 0.1) is 0 Å². The summed E-state index contributed by atoms with van der Waals surface area (Å²) < 4.78 is 11.9. The van der Waals surface area contributed by atoms with E-state index in [1.54, 1.807) is 0 Å². The van der Waals surface area contributed by atoms with Crippen LogP contribution in [-0.4, -0.2) is 5.60 Å². The predicted molar refractivity (Wildman–Crippen MR) is 80.6 cm³/mol. The molecule has 1 aliphatic heterocycles. The van der Waals surface area contributed by atoms with Gasteiger partial charge in [0.2, 0.25) is 0 Å². The molecule has 0 saturated heterocycles. The molecule has 0 aliphatic carbocycles. The lowest BCUT2D eigenvalue weighted by Crippen LogP contribution is -2.24. The lowest BCUT2D eigenvalue weighted by atomic mass is 10.0. The standard InChI is InChI=1S/C17H17ClO2/c1-17(2)10-12-7-5-9-15(16(12)20-17)19-11-13-6-3-4-8-14(13)18/h3-9H,10-11H2,1-2H3. The Hall–Kier alpha value is -1.67. The van der Waals surface area contributed by atoms with Crippen LogP contribution in [0.5, 0.6) is 11.5 Å². The number of ether oxygens (including phenoxy) is 2. The highest BCUT2D eigenvalue weighted by Crippen LogP contribution is 2.42. The number of benzene rings is 2. The highest BCUT2D eigenvalue weighted by molar-refractivity contribution is 6.31. The quantitative estimate of drug-likeness (QED) is 0.819. The highest BCUT2D eigenvalue weighted by atomic mass is 35.5. The van der Waals surface area contributed by atoms with E-state index in [1.807, 2.05) is 36.4 Å². The monoisotopic (exact) mass is 288 g/mol. The van der Waals surface area contributed by atoms with Gasteiger partial charge in [0.1, 0.15) is 12.2 Å². The maximum absolute atomic E-state index is 6.14. The first-order valence-electron chi connectivity index (χ1n) is 6.72. The van der Waals surface area contributed by atoms with E-state index in [1.165, 1.54) is 5.56 Å². The molecule has 0 fully saturated rings. The van der Waals surface area contributed by atoms with Crippen molar-refractivity contribution in [3.63, 3.8) is 0 Å². The van der Waals surface area contributed by atoms with Crippen LogP contribution in [0.3, 0.4) is 0 Å². The number of fused-ring (bicyclic) bond motifs is 1. The molecule has 1 aliphatic rings. The summed E-state index contributed by atoms with van der Waals surface area (Å²) in [7, 11) is 0. The fourth-order valence-electron chi connectivity index (χ4n) is 2.47. The average molecular weight is 289 g/mol. The van der Waals surface area contributed by atoms with Crippen molar-refractivity contribution < 1.29 is 9.47 Å². The second-order valence-corrected chi connectivity index (χ2v) is 6.07. The zero-order valence-electron chi connectivity index (χ0n) is 11.7. The summed E-state index contributed by atoms with van der Waals surface area (Å²) in [6.45, 7) is 4.62. The first-order valence-corrected chi connectivity index (χ1v) is 7.10. The number of para-hydroxylation sites is 1. The van der Waals surface area contributed by atoms with E-state index in [4.69, 9.17) is 21.1 Å². The van der Waals surface area contributed by atoms with Crippen LogP contribution in [0.2, 0.25) is 5.02 Å². The minimum atomic E-state index is -0.161. The van der Waals surface area contributed by atoms with Crippen molar-refractivity contribution in [1.29, 1.82) is 0 Å². The molecule has 1 heterocycles. The molecule has 0 radical (unpaired) electrons. The van der Waals surface area contributed by atoms with Gasteiger partial charge in [0.25, 0.3) is 0 Å². The van der Waals surface area contributed by atoms with E-state index in [2.05, 4.69) is 19.9 Å². The first-order chi connectivity index (χ1) is 9.55. The molecule has 0 N–H and O–H groups in total. The van der Waals surface area contributed by atoms with Crippen LogP contribution in [0.1, 0.15) is 25.0 Å². The Morgan fingerprint density at radius 2 is 1.95 bits per heavy atom. The zero-order chi connectivity index (χ0) is 14.2. The Bertz CT molecular complexity index is 635. The van der Waals surface area contributed by atoms with Crippen molar-refractivity contribution in [3.05, 3.63) is 58.6 Å². The van der Waals surface area contributed by atoms with Gasteiger partial charge < -0.3 is 9.47 Å². The van der Waals surface area contributed by atoms with Gasteiger partial charge in [-0.15, -0.1) is 0 Å². The highest BCUT2D eigenvalue weighted by Gasteiger charge is 2.32. The minimum Gasteiger partial charge on any atom is -0.485 e. The molecule has 2 nitrogen and oxygen atoms in total. The van der Waals surface area contributed by atoms with Crippen molar-refractivity contribution >= 4 is 11.6 Å². The Kier molecular flexibility index (Phi) is 3.35. The van der Waals surface area contributed by atoms with Crippen molar-refractivity contribution in [2.24, 2.45) is 0 Å². The number of rotatable bonds is 3. The van der Waals surface area contributed by atoms with Crippen LogP contribution in [-0.2, 0) is 13.0 Å². The largest absolute Gasteiger partial charge is 0.485 e. The summed E-state index contributed by atoms with van der Waals surface area (Å²) in [6, 6.07) is 13.7. The summed E-state index contributed by atoms with van der Waals surface area (Å²) in [5.41, 5.74) is 2.02. The molecule has 0 unspecified atom stereocenters. The zero-order valence-corrected chi connectivity index (χ0v) is 12.4. The van der Waals surface area contributed by atoms with Crippen molar-refractivity contribution in [2.75, 3.05) is 0 Å². The number of hydrogen-bond acceptors (Lipinski definition) is 2. The molecule has 0 saturated carbocycles. The lowest BCUT2D eigenvalue weighted by Gasteiger charge is -2.18. The van der Waals surface area contributed by atoms with E-state index in [0.29, 0.717) is 6.61 Å². The van der Waals surface area contributed by atoms with Gasteiger partial charge in [-0.2, -0.15) is 0 Å². The molecule has 0 amide bonds. The van der Waals surface area contributed by atoms with E-state index in [0.717, 1.165) is 28.5 Å². The fourth-order valence-corrected chi connectivity index (χ4v) is 2.66. The van der Waals surface area contributed by atoms with E-state index < -0.39 is 0 Å². The van der Waals surface area contributed by atoms with Crippen molar-refractivity contribution in [1.82, 2.24) is 0 Å². The van der Waals surface area contributed by atoms with Gasteiger partial charge in [0, 0.05) is 22.6 Å². The smallest absolute Gasteiger partial charge is 0.165 e. The fraction of sp³-hybridized carbons (Fsp3) is 0.294. The van der Waals surface area contributed by atoms with Crippen LogP contribution in [0.15, 0.2) is 42.5 Å². The first kappa shape index (κ1) is 13.3. The molecule has 0 atom stereocenters. The Labute approximate surface area is 124 Å². The summed E-state index contributed by atoms with van der Waals surface area (Å²) in [5.74, 6) is 1.65. The normalized spacial score (nSPS) is 15.6. The van der Waals surface area contributed by atoms with Crippen molar-refractivity contribution in [2.45, 2.75) is 32.5 Å². The maximum Gasteiger partial charge on any atom is 0.165 e. The van der Waals surface area contributed by atoms with Crippen LogP contribution < -0.4 is 9.47 Å². The minimum absolute atomic E-state index is 0.161. The van der Waals surface area contributed by atoms with Gasteiger partial charge in [0.15, 0.2) is 11.5 Å². The number of halogens is 1. The predicted octanol–water partition coefficient (Wildman–Crippen LogP) is 4.63. The van der Waals surface area contributed by atoms with E-state index in [-0.39, 0.29) is 5.60 Å². The second-order valence-electron chi connectivity index (χ2n) is 5.66. The molecular formula is C17H17ClO2. The SMILES string of the molecule is CC1(C)Cc2cccc(OCc3ccccc3Cl)c2O1. The Balaban J connectivity index is 1.80. The van der Waals surface area contributed by atoms with Crippen LogP contribution >= 0.6 is 11.6 Å². The van der Waals surface area contributed by atoms with Crippen LogP contribution in [0.25, 0.3) is 0 Å². The maximum atomic E-state index is 6.14. The molecule has 104 valence electrons. The molecule has 0 aromatic heterocycles. The summed E-state index contributed by atoms with van der Waals surface area (Å²) >= 11 is 6.14. The van der Waals surface area contributed by atoms with E-state index >= 15 is 0 Å². The van der Waals surface area contributed by atoms with E-state index in [9.17, 15) is 0 Å². The third-order valence-corrected chi connectivity index (χ3v) is 3.76. The van der Waals surface area contributed by atoms with Gasteiger partial charge >= 0.3 is 0 Å². The molecule has 0 bridgehead atoms. The third-order valence-electron chi connectivity index (χ3n) is 3.40. The Morgan fingerprint density at radius 1 is 1.15 bits per heavy atom. The molecule has 3 heteroatoms. The molecular weight excluding hydrogens is 272 g/mol. The Morgan fingerprint density at radius 3 is 2.75 bits per heavy atom. The third kappa shape index (κ3) is 2.61. The number of hydrogen-bond donors (Lipinski definition) is 0. The molecule has 2 aromatic carbocycles. The van der Waals surface area contributed by atoms with Crippen molar-refractivity contribution in [3.8, 4) is 11.5 Å². The summed E-state index contributed by atoms with van der Waals surface area (Å²) in [6.07, 6.45) is 0.908. The lowest BCUT2D eigenvalue weighted by molar-refractivity contribution is 0.131. The second kappa shape index (κ2) is 5.02. The molecule has 20 heavy (non-hydrogen) atoms.